The molecule has 1 saturated heterocycles. The molecule has 6 heteroatoms. The number of nitrogens with zero attached hydrogens (tertiary/aromatic N) is 2. The Morgan fingerprint density at radius 3 is 2.89 bits per heavy atom. The number of halogens is 2. The van der Waals surface area contributed by atoms with Crippen LogP contribution >= 0.6 is 27.5 Å². The highest BCUT2D eigenvalue weighted by atomic mass is 79.9. The van der Waals surface area contributed by atoms with Gasteiger partial charge < -0.3 is 9.64 Å². The lowest BCUT2D eigenvalue weighted by molar-refractivity contribution is 0.0152. The monoisotopic (exact) mass is 346 g/mol. The summed E-state index contributed by atoms with van der Waals surface area (Å²) in [6.45, 7) is 1.98. The van der Waals surface area contributed by atoms with Gasteiger partial charge in [0.25, 0.3) is 5.91 Å². The molecular formula is C13H16BrClN2O2. The van der Waals surface area contributed by atoms with Gasteiger partial charge in [-0.25, -0.2) is 4.98 Å². The Kier molecular flexibility index (Phi) is 5.60. The van der Waals surface area contributed by atoms with Gasteiger partial charge in [0.1, 0.15) is 5.69 Å². The van der Waals surface area contributed by atoms with E-state index in [0.29, 0.717) is 31.3 Å². The molecule has 2 heterocycles. The molecule has 2 rings (SSSR count). The molecule has 1 aromatic heterocycles. The number of ether oxygens (including phenoxy) is 1. The summed E-state index contributed by atoms with van der Waals surface area (Å²) in [4.78, 5) is 18.3. The zero-order valence-corrected chi connectivity index (χ0v) is 12.9. The number of carbonyl (C=O) groups excluding carboxylic acids is 1. The molecule has 1 aliphatic rings. The van der Waals surface area contributed by atoms with Crippen LogP contribution in [0.25, 0.3) is 0 Å². The van der Waals surface area contributed by atoms with E-state index >= 15 is 0 Å². The molecule has 0 aliphatic carbocycles. The van der Waals surface area contributed by atoms with Crippen molar-refractivity contribution in [1.82, 2.24) is 9.88 Å². The van der Waals surface area contributed by atoms with Crippen molar-refractivity contribution in [3.8, 4) is 0 Å². The molecule has 1 amide bonds. The Bertz CT molecular complexity index is 436. The SMILES string of the molecule is O=C(c1ncccc1Br)N1CCC(OCCCl)CC1. The van der Waals surface area contributed by atoms with Crippen molar-refractivity contribution in [3.05, 3.63) is 28.5 Å². The van der Waals surface area contributed by atoms with Crippen LogP contribution in [0.4, 0.5) is 0 Å². The first-order valence-corrected chi connectivity index (χ1v) is 7.62. The molecule has 0 spiro atoms. The highest BCUT2D eigenvalue weighted by Gasteiger charge is 2.25. The van der Waals surface area contributed by atoms with Crippen LogP contribution in [0.15, 0.2) is 22.8 Å². The fourth-order valence-electron chi connectivity index (χ4n) is 2.13. The number of rotatable bonds is 4. The predicted octanol–water partition coefficient (Wildman–Crippen LogP) is 2.70. The molecule has 0 saturated carbocycles. The first-order valence-electron chi connectivity index (χ1n) is 6.29. The van der Waals surface area contributed by atoms with E-state index in [0.717, 1.165) is 17.3 Å². The van der Waals surface area contributed by atoms with E-state index in [1.54, 1.807) is 12.3 Å². The first kappa shape index (κ1) is 14.8. The van der Waals surface area contributed by atoms with E-state index < -0.39 is 0 Å². The number of aromatic nitrogens is 1. The van der Waals surface area contributed by atoms with Gasteiger partial charge in [-0.1, -0.05) is 0 Å². The molecule has 0 radical (unpaired) electrons. The highest BCUT2D eigenvalue weighted by molar-refractivity contribution is 9.10. The number of amides is 1. The second kappa shape index (κ2) is 7.22. The van der Waals surface area contributed by atoms with Crippen LogP contribution in [-0.2, 0) is 4.74 Å². The summed E-state index contributed by atoms with van der Waals surface area (Å²) >= 11 is 8.95. The van der Waals surface area contributed by atoms with Crippen molar-refractivity contribution in [2.75, 3.05) is 25.6 Å². The third-order valence-electron chi connectivity index (χ3n) is 3.12. The first-order chi connectivity index (χ1) is 9.22. The number of hydrogen-bond acceptors (Lipinski definition) is 3. The van der Waals surface area contributed by atoms with E-state index in [1.165, 1.54) is 0 Å². The molecular weight excluding hydrogens is 332 g/mol. The zero-order valence-electron chi connectivity index (χ0n) is 10.5. The van der Waals surface area contributed by atoms with Crippen LogP contribution in [-0.4, -0.2) is 47.5 Å². The number of carbonyl (C=O) groups is 1. The largest absolute Gasteiger partial charge is 0.377 e. The van der Waals surface area contributed by atoms with Gasteiger partial charge in [-0.05, 0) is 40.9 Å². The molecule has 0 atom stereocenters. The van der Waals surface area contributed by atoms with Crippen molar-refractivity contribution in [2.24, 2.45) is 0 Å². The van der Waals surface area contributed by atoms with Gasteiger partial charge in [-0.2, -0.15) is 0 Å². The predicted molar refractivity (Wildman–Crippen MR) is 77.5 cm³/mol. The fraction of sp³-hybridized carbons (Fsp3) is 0.538. The number of likely N-dealkylation sites (tertiary alicyclic amines) is 1. The minimum Gasteiger partial charge on any atom is -0.377 e. The molecule has 0 unspecified atom stereocenters. The second-order valence-corrected chi connectivity index (χ2v) is 5.62. The maximum atomic E-state index is 12.3. The Morgan fingerprint density at radius 1 is 1.53 bits per heavy atom. The zero-order chi connectivity index (χ0) is 13.7. The average Bonchev–Trinajstić information content (AvgIpc) is 2.45. The van der Waals surface area contributed by atoms with E-state index in [-0.39, 0.29) is 12.0 Å². The molecule has 4 nitrogen and oxygen atoms in total. The van der Waals surface area contributed by atoms with Crippen LogP contribution in [0.1, 0.15) is 23.3 Å². The summed E-state index contributed by atoms with van der Waals surface area (Å²) in [6, 6.07) is 3.63. The van der Waals surface area contributed by atoms with E-state index in [4.69, 9.17) is 16.3 Å². The van der Waals surface area contributed by atoms with Gasteiger partial charge in [-0.15, -0.1) is 11.6 Å². The van der Waals surface area contributed by atoms with Crippen LogP contribution in [0, 0.1) is 0 Å². The molecule has 104 valence electrons. The highest BCUT2D eigenvalue weighted by Crippen LogP contribution is 2.19. The molecule has 1 aliphatic heterocycles. The maximum Gasteiger partial charge on any atom is 0.273 e. The van der Waals surface area contributed by atoms with Gasteiger partial charge in [0.05, 0.1) is 12.7 Å². The Balaban J connectivity index is 1.91. The normalized spacial score (nSPS) is 16.6. The summed E-state index contributed by atoms with van der Waals surface area (Å²) in [6.07, 6.45) is 3.56. The quantitative estimate of drug-likeness (QED) is 0.787. The summed E-state index contributed by atoms with van der Waals surface area (Å²) in [7, 11) is 0. The van der Waals surface area contributed by atoms with Crippen LogP contribution in [0.5, 0.6) is 0 Å². The maximum absolute atomic E-state index is 12.3. The fourth-order valence-corrected chi connectivity index (χ4v) is 2.64. The number of hydrogen-bond donors (Lipinski definition) is 0. The molecule has 0 N–H and O–H groups in total. The molecule has 19 heavy (non-hydrogen) atoms. The van der Waals surface area contributed by atoms with Crippen LogP contribution < -0.4 is 0 Å². The van der Waals surface area contributed by atoms with Crippen molar-refractivity contribution in [2.45, 2.75) is 18.9 Å². The van der Waals surface area contributed by atoms with Gasteiger partial charge >= 0.3 is 0 Å². The lowest BCUT2D eigenvalue weighted by Crippen LogP contribution is -2.41. The average molecular weight is 348 g/mol. The Labute approximate surface area is 126 Å². The Hall–Kier alpha value is -0.650. The smallest absolute Gasteiger partial charge is 0.273 e. The summed E-state index contributed by atoms with van der Waals surface area (Å²) < 4.78 is 6.33. The van der Waals surface area contributed by atoms with Gasteiger partial charge in [0.2, 0.25) is 0 Å². The van der Waals surface area contributed by atoms with Crippen molar-refractivity contribution < 1.29 is 9.53 Å². The van der Waals surface area contributed by atoms with Crippen LogP contribution in [0.2, 0.25) is 0 Å². The third kappa shape index (κ3) is 3.91. The molecule has 1 aromatic rings. The Morgan fingerprint density at radius 2 is 2.26 bits per heavy atom. The van der Waals surface area contributed by atoms with Crippen molar-refractivity contribution >= 4 is 33.4 Å². The molecule has 0 bridgehead atoms. The minimum absolute atomic E-state index is 0.0248. The van der Waals surface area contributed by atoms with E-state index in [1.807, 2.05) is 11.0 Å². The van der Waals surface area contributed by atoms with Gasteiger partial charge in [-0.3, -0.25) is 4.79 Å². The van der Waals surface area contributed by atoms with E-state index in [9.17, 15) is 4.79 Å². The lowest BCUT2D eigenvalue weighted by atomic mass is 10.1. The topological polar surface area (TPSA) is 42.4 Å². The number of alkyl halides is 1. The molecule has 0 aromatic carbocycles. The van der Waals surface area contributed by atoms with Gasteiger partial charge in [0.15, 0.2) is 0 Å². The number of pyridine rings is 1. The number of piperidine rings is 1. The summed E-state index contributed by atoms with van der Waals surface area (Å²) in [5.74, 6) is 0.489. The molecule has 1 fully saturated rings. The third-order valence-corrected chi connectivity index (χ3v) is 3.92. The van der Waals surface area contributed by atoms with Gasteiger partial charge in [0, 0.05) is 29.6 Å². The summed E-state index contributed by atoms with van der Waals surface area (Å²) in [5.41, 5.74) is 0.475. The summed E-state index contributed by atoms with van der Waals surface area (Å²) in [5, 5.41) is 0. The van der Waals surface area contributed by atoms with Crippen molar-refractivity contribution in [1.29, 1.82) is 0 Å². The van der Waals surface area contributed by atoms with E-state index in [2.05, 4.69) is 20.9 Å². The van der Waals surface area contributed by atoms with Crippen LogP contribution in [0.3, 0.4) is 0 Å². The second-order valence-electron chi connectivity index (χ2n) is 4.39. The lowest BCUT2D eigenvalue weighted by Gasteiger charge is -2.31. The standard InChI is InChI=1S/C13H16BrClN2O2/c14-11-2-1-6-16-12(11)13(18)17-7-3-10(4-8-17)19-9-5-15/h1-2,6,10H,3-5,7-9H2. The van der Waals surface area contributed by atoms with Crippen molar-refractivity contribution in [3.63, 3.8) is 0 Å². The minimum atomic E-state index is -0.0248.